The van der Waals surface area contributed by atoms with Gasteiger partial charge < -0.3 is 16.5 Å². The van der Waals surface area contributed by atoms with E-state index in [0.717, 1.165) is 6.07 Å². The van der Waals surface area contributed by atoms with Crippen LogP contribution in [-0.4, -0.2) is 44.5 Å². The summed E-state index contributed by atoms with van der Waals surface area (Å²) in [6, 6.07) is 5.26. The van der Waals surface area contributed by atoms with Gasteiger partial charge in [-0.15, -0.1) is 0 Å². The number of amides is 1. The predicted octanol–water partition coefficient (Wildman–Crippen LogP) is 1.70. The number of benzene rings is 1. The molecule has 0 radical (unpaired) electrons. The number of nitrogens with one attached hydrogen (secondary N) is 3. The van der Waals surface area contributed by atoms with Crippen molar-refractivity contribution in [2.24, 2.45) is 10.8 Å². The number of hydrazine groups is 1. The van der Waals surface area contributed by atoms with Crippen LogP contribution in [0, 0.1) is 5.82 Å². The predicted molar refractivity (Wildman–Crippen MR) is 116 cm³/mol. The largest absolute Gasteiger partial charge is 0.382 e. The molecule has 0 fully saturated rings. The number of amidine groups is 1. The van der Waals surface area contributed by atoms with Gasteiger partial charge in [0.05, 0.1) is 16.3 Å². The van der Waals surface area contributed by atoms with Crippen molar-refractivity contribution in [1.82, 2.24) is 26.1 Å². The van der Waals surface area contributed by atoms with Crippen LogP contribution >= 0.6 is 23.4 Å². The Labute approximate surface area is 189 Å². The lowest BCUT2D eigenvalue weighted by Gasteiger charge is -2.10. The fourth-order valence-electron chi connectivity index (χ4n) is 2.46. The van der Waals surface area contributed by atoms with E-state index in [0.29, 0.717) is 10.8 Å². The summed E-state index contributed by atoms with van der Waals surface area (Å²) in [5.74, 6) is 4.77. The Morgan fingerprint density at radius 3 is 2.88 bits per heavy atom. The number of thioether (sulfide) groups is 1. The number of nitrogens with two attached hydrogens (primary N) is 2. The van der Waals surface area contributed by atoms with Crippen molar-refractivity contribution in [3.05, 3.63) is 52.6 Å². The maximum absolute atomic E-state index is 13.3. The van der Waals surface area contributed by atoms with Crippen LogP contribution in [0.2, 0.25) is 5.02 Å². The van der Waals surface area contributed by atoms with E-state index in [1.807, 2.05) is 5.48 Å². The molecule has 2 aromatic heterocycles. The Balaban J connectivity index is 1.63. The van der Waals surface area contributed by atoms with Crippen LogP contribution in [-0.2, 0) is 0 Å². The van der Waals surface area contributed by atoms with Crippen molar-refractivity contribution in [2.75, 3.05) is 23.5 Å². The average Bonchev–Trinajstić information content (AvgIpc) is 3.25. The first-order chi connectivity index (χ1) is 15.4. The summed E-state index contributed by atoms with van der Waals surface area (Å²) in [4.78, 5) is 20.4. The van der Waals surface area contributed by atoms with E-state index in [-0.39, 0.29) is 45.9 Å². The van der Waals surface area contributed by atoms with Gasteiger partial charge in [0.25, 0.3) is 5.91 Å². The van der Waals surface area contributed by atoms with E-state index >= 15 is 0 Å². The first-order valence-corrected chi connectivity index (χ1v) is 10.2. The summed E-state index contributed by atoms with van der Waals surface area (Å²) in [5.41, 5.74) is 10.8. The number of halogens is 2. The molecule has 15 heteroatoms. The summed E-state index contributed by atoms with van der Waals surface area (Å²) in [6.45, 7) is 0.245. The molecule has 0 spiro atoms. The summed E-state index contributed by atoms with van der Waals surface area (Å²) in [6.07, 6.45) is 1.39. The van der Waals surface area contributed by atoms with Gasteiger partial charge >= 0.3 is 0 Å². The minimum Gasteiger partial charge on any atom is -0.382 e. The van der Waals surface area contributed by atoms with Gasteiger partial charge in [0, 0.05) is 18.5 Å². The molecule has 8 N–H and O–H groups in total. The molecule has 12 nitrogen and oxygen atoms in total. The highest BCUT2D eigenvalue weighted by molar-refractivity contribution is 7.99. The molecule has 0 atom stereocenters. The van der Waals surface area contributed by atoms with Crippen molar-refractivity contribution in [3.8, 4) is 0 Å². The molecular weight excluding hydrogens is 465 g/mol. The van der Waals surface area contributed by atoms with Crippen LogP contribution in [0.3, 0.4) is 0 Å². The topological polar surface area (TPSA) is 190 Å². The third-order valence-corrected chi connectivity index (χ3v) is 5.17. The smallest absolute Gasteiger partial charge is 0.253 e. The molecular formula is C17H17ClFN9O3S. The molecule has 3 rings (SSSR count). The van der Waals surface area contributed by atoms with Crippen LogP contribution in [0.4, 0.5) is 21.6 Å². The van der Waals surface area contributed by atoms with E-state index in [4.69, 9.17) is 27.8 Å². The normalized spacial score (nSPS) is 11.3. The molecule has 1 amide bonds. The van der Waals surface area contributed by atoms with Gasteiger partial charge in [-0.05, 0) is 34.6 Å². The van der Waals surface area contributed by atoms with Crippen molar-refractivity contribution < 1.29 is 19.0 Å². The second-order valence-corrected chi connectivity index (χ2v) is 7.45. The lowest BCUT2D eigenvalue weighted by molar-refractivity contribution is 0.0957. The van der Waals surface area contributed by atoms with Gasteiger partial charge in [0.1, 0.15) is 17.3 Å². The Kier molecular flexibility index (Phi) is 7.77. The lowest BCUT2D eigenvalue weighted by Crippen LogP contribution is -2.28. The van der Waals surface area contributed by atoms with Gasteiger partial charge in [0.2, 0.25) is 0 Å². The number of aliphatic imine (C=N–C) groups is 1. The van der Waals surface area contributed by atoms with E-state index in [1.165, 1.54) is 36.2 Å². The van der Waals surface area contributed by atoms with E-state index < -0.39 is 11.7 Å². The Morgan fingerprint density at radius 2 is 2.16 bits per heavy atom. The Hall–Kier alpha value is -3.46. The maximum atomic E-state index is 13.3. The summed E-state index contributed by atoms with van der Waals surface area (Å²) < 4.78 is 18.1. The number of pyridine rings is 1. The molecule has 0 aliphatic carbocycles. The number of rotatable bonds is 8. The van der Waals surface area contributed by atoms with E-state index in [1.54, 1.807) is 0 Å². The van der Waals surface area contributed by atoms with Crippen LogP contribution in [0.5, 0.6) is 0 Å². The number of nitrogens with zero attached hydrogens (tertiary/aromatic N) is 4. The fraction of sp³-hybridized carbons (Fsp3) is 0.118. The number of aromatic nitrogens is 3. The SMILES string of the molecule is NNc1c(C(=O)NCCSc2nonc2C(=Nc2ccc(F)c(Cl)c2)NO)ccnc1N. The van der Waals surface area contributed by atoms with E-state index in [2.05, 4.69) is 31.0 Å². The second kappa shape index (κ2) is 10.7. The molecule has 32 heavy (non-hydrogen) atoms. The first-order valence-electron chi connectivity index (χ1n) is 8.83. The number of hydrogen-bond donors (Lipinski definition) is 6. The first kappa shape index (κ1) is 23.2. The van der Waals surface area contributed by atoms with Crippen LogP contribution < -0.4 is 27.8 Å². The summed E-state index contributed by atoms with van der Waals surface area (Å²) in [7, 11) is 0. The Morgan fingerprint density at radius 1 is 1.34 bits per heavy atom. The average molecular weight is 482 g/mol. The highest BCUT2D eigenvalue weighted by atomic mass is 35.5. The molecule has 1 aromatic carbocycles. The van der Waals surface area contributed by atoms with Gasteiger partial charge in [-0.1, -0.05) is 23.4 Å². The third-order valence-electron chi connectivity index (χ3n) is 3.93. The van der Waals surface area contributed by atoms with Gasteiger partial charge in [-0.25, -0.2) is 19.0 Å². The van der Waals surface area contributed by atoms with Gasteiger partial charge in [-0.3, -0.25) is 21.3 Å². The van der Waals surface area contributed by atoms with Crippen LogP contribution in [0.1, 0.15) is 16.1 Å². The second-order valence-electron chi connectivity index (χ2n) is 5.96. The number of hydrogen-bond acceptors (Lipinski definition) is 11. The minimum absolute atomic E-state index is 0.0913. The van der Waals surface area contributed by atoms with Crippen molar-refractivity contribution in [1.29, 1.82) is 0 Å². The molecule has 168 valence electrons. The molecule has 0 aliphatic heterocycles. The molecule has 0 aliphatic rings. The number of hydroxylamine groups is 1. The maximum Gasteiger partial charge on any atom is 0.253 e. The van der Waals surface area contributed by atoms with Crippen molar-refractivity contribution in [3.63, 3.8) is 0 Å². The number of carbonyl (C=O) groups is 1. The Bertz CT molecular complexity index is 1140. The summed E-state index contributed by atoms with van der Waals surface area (Å²) >= 11 is 6.93. The lowest BCUT2D eigenvalue weighted by atomic mass is 10.2. The molecule has 2 heterocycles. The highest BCUT2D eigenvalue weighted by Gasteiger charge is 2.18. The van der Waals surface area contributed by atoms with Crippen molar-refractivity contribution in [2.45, 2.75) is 5.03 Å². The highest BCUT2D eigenvalue weighted by Crippen LogP contribution is 2.24. The summed E-state index contributed by atoms with van der Waals surface area (Å²) in [5, 5.41) is 19.8. The fourth-order valence-corrected chi connectivity index (χ4v) is 3.39. The van der Waals surface area contributed by atoms with Gasteiger partial charge in [0.15, 0.2) is 16.6 Å². The standard InChI is InChI=1S/C17H17ClFN9O3S/c18-10-7-8(1-2-11(10)19)24-15(26-30)13-17(28-31-27-13)32-6-5-23-16(29)9-3-4-22-14(20)12(9)25-21/h1-4,7,25,30H,5-6,21H2,(H2,20,22)(H,23,29)(H,24,26). The zero-order chi connectivity index (χ0) is 23.1. The molecule has 0 saturated heterocycles. The number of carbonyl (C=O) groups excluding carboxylic acids is 1. The third kappa shape index (κ3) is 5.42. The van der Waals surface area contributed by atoms with Gasteiger partial charge in [-0.2, -0.15) is 0 Å². The quantitative estimate of drug-likeness (QED) is 0.0685. The zero-order valence-electron chi connectivity index (χ0n) is 16.2. The molecule has 0 unspecified atom stereocenters. The van der Waals surface area contributed by atoms with E-state index in [9.17, 15) is 14.4 Å². The zero-order valence-corrected chi connectivity index (χ0v) is 17.7. The monoisotopic (exact) mass is 481 g/mol. The number of anilines is 2. The molecule has 0 saturated carbocycles. The van der Waals surface area contributed by atoms with Crippen LogP contribution in [0.25, 0.3) is 0 Å². The number of nitrogen functional groups attached to an aromatic ring is 2. The van der Waals surface area contributed by atoms with Crippen molar-refractivity contribution >= 4 is 52.3 Å². The minimum atomic E-state index is -0.602. The molecule has 0 bridgehead atoms. The molecule has 3 aromatic rings. The van der Waals surface area contributed by atoms with Crippen LogP contribution in [0.15, 0.2) is 45.1 Å².